The lowest BCUT2D eigenvalue weighted by molar-refractivity contribution is 0.175. The fourth-order valence-electron chi connectivity index (χ4n) is 4.44. The number of aromatic nitrogens is 1. The molecular weight excluding hydrogens is 440 g/mol. The first-order valence-electron chi connectivity index (χ1n) is 11.9. The molecule has 3 nitrogen and oxygen atoms in total. The van der Waals surface area contributed by atoms with Gasteiger partial charge >= 0.3 is 0 Å². The summed E-state index contributed by atoms with van der Waals surface area (Å²) in [4.78, 5) is 6.99. The molecule has 4 heteroatoms. The minimum Gasteiger partial charge on any atom is -0.492 e. The Morgan fingerprint density at radius 2 is 1.82 bits per heavy atom. The second-order valence-corrected chi connectivity index (χ2v) is 9.18. The molecular formula is C30H31ClN2O. The molecule has 0 unspecified atom stereocenters. The SMILES string of the molecule is C=CCN(CCOc1ccc(C#Cc2ccc(-c3ccc(Cl)cc3)cn2)cc1C)C1CCCC1. The Bertz CT molecular complexity index is 1150. The van der Waals surface area contributed by atoms with Gasteiger partial charge in [-0.3, -0.25) is 4.90 Å². The van der Waals surface area contributed by atoms with Crippen LogP contribution in [-0.4, -0.2) is 35.6 Å². The van der Waals surface area contributed by atoms with Crippen LogP contribution in [-0.2, 0) is 0 Å². The van der Waals surface area contributed by atoms with E-state index in [0.29, 0.717) is 12.6 Å². The number of ether oxygens (including phenoxy) is 1. The number of benzene rings is 2. The number of pyridine rings is 1. The van der Waals surface area contributed by atoms with Crippen LogP contribution < -0.4 is 4.74 Å². The lowest BCUT2D eigenvalue weighted by atomic mass is 10.1. The molecule has 1 aliphatic rings. The van der Waals surface area contributed by atoms with Gasteiger partial charge in [-0.1, -0.05) is 54.6 Å². The van der Waals surface area contributed by atoms with Crippen molar-refractivity contribution >= 4 is 11.6 Å². The predicted molar refractivity (Wildman–Crippen MR) is 141 cm³/mol. The van der Waals surface area contributed by atoms with E-state index >= 15 is 0 Å². The van der Waals surface area contributed by atoms with Gasteiger partial charge in [0, 0.05) is 41.5 Å². The van der Waals surface area contributed by atoms with E-state index in [1.165, 1.54) is 25.7 Å². The van der Waals surface area contributed by atoms with Crippen molar-refractivity contribution in [3.63, 3.8) is 0 Å². The molecule has 0 amide bonds. The van der Waals surface area contributed by atoms with Gasteiger partial charge in [0.1, 0.15) is 18.1 Å². The first-order valence-corrected chi connectivity index (χ1v) is 12.3. The Morgan fingerprint density at radius 1 is 1.06 bits per heavy atom. The molecule has 34 heavy (non-hydrogen) atoms. The average Bonchev–Trinajstić information content (AvgIpc) is 3.39. The molecule has 1 aliphatic carbocycles. The van der Waals surface area contributed by atoms with Crippen molar-refractivity contribution in [2.45, 2.75) is 38.6 Å². The third-order valence-electron chi connectivity index (χ3n) is 6.29. The maximum atomic E-state index is 6.11. The van der Waals surface area contributed by atoms with E-state index in [4.69, 9.17) is 16.3 Å². The summed E-state index contributed by atoms with van der Waals surface area (Å²) >= 11 is 5.97. The van der Waals surface area contributed by atoms with Gasteiger partial charge in [0.2, 0.25) is 0 Å². The first-order chi connectivity index (χ1) is 16.6. The Balaban J connectivity index is 1.34. The third-order valence-corrected chi connectivity index (χ3v) is 6.54. The van der Waals surface area contributed by atoms with Gasteiger partial charge < -0.3 is 4.74 Å². The minimum absolute atomic E-state index is 0.675. The average molecular weight is 471 g/mol. The molecule has 0 atom stereocenters. The molecule has 3 aromatic rings. The summed E-state index contributed by atoms with van der Waals surface area (Å²) in [5.41, 5.74) is 4.91. The van der Waals surface area contributed by atoms with E-state index < -0.39 is 0 Å². The molecule has 174 valence electrons. The highest BCUT2D eigenvalue weighted by Gasteiger charge is 2.21. The molecule has 1 fully saturated rings. The summed E-state index contributed by atoms with van der Waals surface area (Å²) in [6, 6.07) is 18.5. The summed E-state index contributed by atoms with van der Waals surface area (Å²) in [6.45, 7) is 8.52. The van der Waals surface area contributed by atoms with Gasteiger partial charge in [0.05, 0.1) is 0 Å². The largest absolute Gasteiger partial charge is 0.492 e. The fraction of sp³-hybridized carbons (Fsp3) is 0.300. The highest BCUT2D eigenvalue weighted by atomic mass is 35.5. The zero-order chi connectivity index (χ0) is 23.8. The van der Waals surface area contributed by atoms with E-state index in [1.807, 2.05) is 60.8 Å². The van der Waals surface area contributed by atoms with Crippen molar-refractivity contribution < 1.29 is 4.74 Å². The first kappa shape index (κ1) is 24.1. The summed E-state index contributed by atoms with van der Waals surface area (Å²) < 4.78 is 6.11. The number of halogens is 1. The molecule has 0 saturated heterocycles. The van der Waals surface area contributed by atoms with Gasteiger partial charge in [0.15, 0.2) is 0 Å². The van der Waals surface area contributed by atoms with E-state index in [2.05, 4.69) is 41.3 Å². The zero-order valence-electron chi connectivity index (χ0n) is 19.8. The van der Waals surface area contributed by atoms with E-state index in [-0.39, 0.29) is 0 Å². The van der Waals surface area contributed by atoms with E-state index in [0.717, 1.165) is 51.8 Å². The Hall–Kier alpha value is -3.06. The lowest BCUT2D eigenvalue weighted by Gasteiger charge is -2.27. The van der Waals surface area contributed by atoms with Gasteiger partial charge in [0.25, 0.3) is 0 Å². The molecule has 0 aliphatic heterocycles. The normalized spacial score (nSPS) is 13.5. The van der Waals surface area contributed by atoms with Crippen molar-refractivity contribution in [2.75, 3.05) is 19.7 Å². The second-order valence-electron chi connectivity index (χ2n) is 8.74. The molecule has 1 aromatic heterocycles. The number of nitrogens with zero attached hydrogens (tertiary/aromatic N) is 2. The summed E-state index contributed by atoms with van der Waals surface area (Å²) in [7, 11) is 0. The van der Waals surface area contributed by atoms with Crippen LogP contribution >= 0.6 is 11.6 Å². The number of hydrogen-bond acceptors (Lipinski definition) is 3. The van der Waals surface area contributed by atoms with Gasteiger partial charge in [-0.2, -0.15) is 0 Å². The van der Waals surface area contributed by atoms with Crippen LogP contribution in [0.2, 0.25) is 5.02 Å². The molecule has 0 radical (unpaired) electrons. The van der Waals surface area contributed by atoms with Crippen molar-refractivity contribution in [1.29, 1.82) is 0 Å². The van der Waals surface area contributed by atoms with Crippen molar-refractivity contribution in [2.24, 2.45) is 0 Å². The third kappa shape index (κ3) is 6.50. The van der Waals surface area contributed by atoms with Crippen LogP contribution in [0.1, 0.15) is 42.5 Å². The summed E-state index contributed by atoms with van der Waals surface area (Å²) in [6.07, 6.45) is 9.09. The standard InChI is InChI=1S/C30H31ClN2O/c1-3-18-33(29-6-4-5-7-29)19-20-34-30-17-9-24(21-23(30)2)8-15-28-16-12-26(22-32-28)25-10-13-27(31)14-11-25/h3,9-14,16-17,21-22,29H,1,4-7,18-20H2,2H3. The zero-order valence-corrected chi connectivity index (χ0v) is 20.5. The van der Waals surface area contributed by atoms with Crippen molar-refractivity contribution in [3.05, 3.63) is 95.3 Å². The van der Waals surface area contributed by atoms with Crippen LogP contribution in [0.3, 0.4) is 0 Å². The Morgan fingerprint density at radius 3 is 2.50 bits per heavy atom. The molecule has 4 rings (SSSR count). The summed E-state index contributed by atoms with van der Waals surface area (Å²) in [5, 5.41) is 0.727. The molecule has 0 spiro atoms. The highest BCUT2D eigenvalue weighted by Crippen LogP contribution is 2.24. The van der Waals surface area contributed by atoms with Gasteiger partial charge in [-0.25, -0.2) is 4.98 Å². The maximum absolute atomic E-state index is 6.11. The smallest absolute Gasteiger partial charge is 0.122 e. The fourth-order valence-corrected chi connectivity index (χ4v) is 4.56. The lowest BCUT2D eigenvalue weighted by Crippen LogP contribution is -2.36. The second kappa shape index (κ2) is 11.9. The molecule has 0 bridgehead atoms. The molecule has 1 heterocycles. The van der Waals surface area contributed by atoms with Gasteiger partial charge in [-0.05, 0) is 73.2 Å². The maximum Gasteiger partial charge on any atom is 0.122 e. The Labute approximate surface area is 208 Å². The number of rotatable bonds is 8. The van der Waals surface area contributed by atoms with Crippen molar-refractivity contribution in [1.82, 2.24) is 9.88 Å². The molecule has 2 aromatic carbocycles. The van der Waals surface area contributed by atoms with E-state index in [9.17, 15) is 0 Å². The number of aryl methyl sites for hydroxylation is 1. The van der Waals surface area contributed by atoms with Crippen LogP contribution in [0.25, 0.3) is 11.1 Å². The van der Waals surface area contributed by atoms with Crippen LogP contribution in [0, 0.1) is 18.8 Å². The quantitative estimate of drug-likeness (QED) is 0.264. The highest BCUT2D eigenvalue weighted by molar-refractivity contribution is 6.30. The van der Waals surface area contributed by atoms with Crippen LogP contribution in [0.15, 0.2) is 73.4 Å². The predicted octanol–water partition coefficient (Wildman–Crippen LogP) is 6.92. The van der Waals surface area contributed by atoms with E-state index in [1.54, 1.807) is 0 Å². The van der Waals surface area contributed by atoms with Gasteiger partial charge in [-0.15, -0.1) is 6.58 Å². The van der Waals surface area contributed by atoms with Crippen LogP contribution in [0.4, 0.5) is 0 Å². The monoisotopic (exact) mass is 470 g/mol. The molecule has 0 N–H and O–H groups in total. The van der Waals surface area contributed by atoms with Crippen molar-refractivity contribution in [3.8, 4) is 28.7 Å². The van der Waals surface area contributed by atoms with Crippen LogP contribution in [0.5, 0.6) is 5.75 Å². The Kier molecular flexibility index (Phi) is 8.41. The minimum atomic E-state index is 0.675. The topological polar surface area (TPSA) is 25.4 Å². The summed E-state index contributed by atoms with van der Waals surface area (Å²) in [5.74, 6) is 7.30. The number of hydrogen-bond donors (Lipinski definition) is 0. The molecule has 1 saturated carbocycles.